The van der Waals surface area contributed by atoms with Gasteiger partial charge in [0.15, 0.2) is 0 Å². The zero-order chi connectivity index (χ0) is 16.3. The number of nitrogens with one attached hydrogen (secondary N) is 1. The molecule has 7 nitrogen and oxygen atoms in total. The number of nitro benzene ring substituents is 1. The summed E-state index contributed by atoms with van der Waals surface area (Å²) in [5.74, 6) is -3.45. The highest BCUT2D eigenvalue weighted by atomic mass is 35.5. The topological polar surface area (TPSA) is 112 Å². The summed E-state index contributed by atoms with van der Waals surface area (Å²) in [7, 11) is 0. The molecule has 1 aliphatic carbocycles. The van der Waals surface area contributed by atoms with Gasteiger partial charge in [-0.1, -0.05) is 23.8 Å². The van der Waals surface area contributed by atoms with Crippen LogP contribution >= 0.6 is 11.6 Å². The van der Waals surface area contributed by atoms with Gasteiger partial charge in [-0.3, -0.25) is 14.9 Å². The first-order valence-electron chi connectivity index (χ1n) is 6.51. The molecule has 0 heterocycles. The van der Waals surface area contributed by atoms with Crippen molar-refractivity contribution in [3.63, 3.8) is 0 Å². The monoisotopic (exact) mass is 323 g/mol. The first-order chi connectivity index (χ1) is 10.4. The number of carbonyl (C=O) groups excluding carboxylic acids is 2. The average Bonchev–Trinajstić information content (AvgIpc) is 2.48. The van der Waals surface area contributed by atoms with E-state index in [4.69, 9.17) is 11.6 Å². The van der Waals surface area contributed by atoms with Crippen LogP contribution in [0, 0.1) is 22.0 Å². The van der Waals surface area contributed by atoms with E-state index in [1.807, 2.05) is 0 Å². The molecule has 0 saturated heterocycles. The van der Waals surface area contributed by atoms with Crippen molar-refractivity contribution in [3.8, 4) is 0 Å². The Bertz CT molecular complexity index is 659. The fourth-order valence-corrected chi connectivity index (χ4v) is 2.53. The standard InChI is InChI=1S/C14H13ClN2O5/c15-11-7-8(17(21)22)5-6-12(11)16-13(18)9-3-1-2-4-10(9)14(19)20/h1-2,5-7,9-10H,3-4H2,(H,16,18)(H,19,20)/p-1/t9-,10-/m1/s1. The molecule has 1 N–H and O–H groups in total. The van der Waals surface area contributed by atoms with Gasteiger partial charge in [-0.15, -0.1) is 0 Å². The lowest BCUT2D eigenvalue weighted by Crippen LogP contribution is -2.41. The Morgan fingerprint density at radius 1 is 1.23 bits per heavy atom. The Kier molecular flexibility index (Phi) is 4.77. The molecule has 1 amide bonds. The van der Waals surface area contributed by atoms with Crippen molar-refractivity contribution in [2.45, 2.75) is 12.8 Å². The number of carbonyl (C=O) groups is 2. The second-order valence-electron chi connectivity index (χ2n) is 4.89. The van der Waals surface area contributed by atoms with Gasteiger partial charge in [0.25, 0.3) is 5.69 Å². The van der Waals surface area contributed by atoms with Gasteiger partial charge in [0.05, 0.1) is 21.6 Å². The van der Waals surface area contributed by atoms with E-state index >= 15 is 0 Å². The number of non-ortho nitro benzene ring substituents is 1. The van der Waals surface area contributed by atoms with Crippen LogP contribution in [0.4, 0.5) is 11.4 Å². The molecule has 1 aromatic carbocycles. The number of nitro groups is 1. The quantitative estimate of drug-likeness (QED) is 0.513. The summed E-state index contributed by atoms with van der Waals surface area (Å²) in [4.78, 5) is 33.3. The number of hydrogen-bond donors (Lipinski definition) is 1. The molecule has 0 bridgehead atoms. The molecule has 1 aliphatic rings. The largest absolute Gasteiger partial charge is 0.550 e. The van der Waals surface area contributed by atoms with Crippen molar-refractivity contribution in [1.82, 2.24) is 0 Å². The smallest absolute Gasteiger partial charge is 0.271 e. The van der Waals surface area contributed by atoms with E-state index < -0.39 is 28.6 Å². The minimum atomic E-state index is -1.28. The second-order valence-corrected chi connectivity index (χ2v) is 5.29. The summed E-state index contributed by atoms with van der Waals surface area (Å²) < 4.78 is 0. The van der Waals surface area contributed by atoms with Gasteiger partial charge in [-0.2, -0.15) is 0 Å². The lowest BCUT2D eigenvalue weighted by molar-refractivity contribution is -0.384. The first-order valence-corrected chi connectivity index (χ1v) is 6.88. The van der Waals surface area contributed by atoms with Crippen molar-refractivity contribution >= 4 is 34.9 Å². The third-order valence-corrected chi connectivity index (χ3v) is 3.81. The van der Waals surface area contributed by atoms with Gasteiger partial charge in [0.1, 0.15) is 0 Å². The lowest BCUT2D eigenvalue weighted by atomic mass is 9.82. The second kappa shape index (κ2) is 6.57. The maximum absolute atomic E-state index is 12.2. The SMILES string of the molecule is O=C([O-])[C@@H]1CC=CC[C@H]1C(=O)Nc1ccc([N+](=O)[O-])cc1Cl. The van der Waals surface area contributed by atoms with E-state index in [1.54, 1.807) is 12.2 Å². The molecule has 1 aromatic rings. The fourth-order valence-electron chi connectivity index (χ4n) is 2.31. The lowest BCUT2D eigenvalue weighted by Gasteiger charge is -2.28. The van der Waals surface area contributed by atoms with Gasteiger partial charge in [-0.25, -0.2) is 0 Å². The number of nitrogens with zero attached hydrogens (tertiary/aromatic N) is 1. The Labute approximate surface area is 130 Å². The Balaban J connectivity index is 2.16. The van der Waals surface area contributed by atoms with Gasteiger partial charge in [0.2, 0.25) is 5.91 Å². The van der Waals surface area contributed by atoms with E-state index in [0.29, 0.717) is 0 Å². The first kappa shape index (κ1) is 16.0. The Morgan fingerprint density at radius 3 is 2.41 bits per heavy atom. The number of amides is 1. The van der Waals surface area contributed by atoms with Crippen LogP contribution in [0.25, 0.3) is 0 Å². The number of hydrogen-bond acceptors (Lipinski definition) is 5. The number of anilines is 1. The van der Waals surface area contributed by atoms with Gasteiger partial charge < -0.3 is 15.2 Å². The van der Waals surface area contributed by atoms with E-state index in [0.717, 1.165) is 6.07 Å². The zero-order valence-electron chi connectivity index (χ0n) is 11.3. The zero-order valence-corrected chi connectivity index (χ0v) is 12.1. The van der Waals surface area contributed by atoms with Crippen LogP contribution in [0.5, 0.6) is 0 Å². The maximum Gasteiger partial charge on any atom is 0.271 e. The van der Waals surface area contributed by atoms with Gasteiger partial charge >= 0.3 is 0 Å². The number of carboxylic acid groups (broad SMARTS) is 1. The summed E-state index contributed by atoms with van der Waals surface area (Å²) >= 11 is 5.89. The predicted molar refractivity (Wildman–Crippen MR) is 77.1 cm³/mol. The summed E-state index contributed by atoms with van der Waals surface area (Å²) in [6, 6.07) is 3.64. The summed E-state index contributed by atoms with van der Waals surface area (Å²) in [5, 5.41) is 24.2. The maximum atomic E-state index is 12.2. The molecule has 116 valence electrons. The van der Waals surface area contributed by atoms with Crippen LogP contribution in [-0.2, 0) is 9.59 Å². The molecule has 0 fully saturated rings. The third kappa shape index (κ3) is 3.43. The van der Waals surface area contributed by atoms with Crippen LogP contribution in [0.15, 0.2) is 30.4 Å². The highest BCUT2D eigenvalue weighted by Gasteiger charge is 2.30. The van der Waals surface area contributed by atoms with Gasteiger partial charge in [0, 0.05) is 24.0 Å². The van der Waals surface area contributed by atoms with Crippen LogP contribution in [-0.4, -0.2) is 16.8 Å². The Morgan fingerprint density at radius 2 is 1.86 bits per heavy atom. The molecule has 2 atom stereocenters. The van der Waals surface area contributed by atoms with Crippen LogP contribution < -0.4 is 10.4 Å². The number of rotatable bonds is 4. The molecule has 0 aromatic heterocycles. The highest BCUT2D eigenvalue weighted by molar-refractivity contribution is 6.34. The number of benzene rings is 1. The van der Waals surface area contributed by atoms with E-state index in [9.17, 15) is 24.8 Å². The number of allylic oxidation sites excluding steroid dienone is 2. The summed E-state index contributed by atoms with van der Waals surface area (Å²) in [5.41, 5.74) is 0.000119. The van der Waals surface area contributed by atoms with Crippen molar-refractivity contribution in [2.24, 2.45) is 11.8 Å². The van der Waals surface area contributed by atoms with Gasteiger partial charge in [-0.05, 0) is 18.9 Å². The van der Waals surface area contributed by atoms with E-state index in [1.165, 1.54) is 12.1 Å². The minimum absolute atomic E-state index is 0.0129. The molecular formula is C14H12ClN2O5-. The minimum Gasteiger partial charge on any atom is -0.550 e. The molecule has 0 unspecified atom stereocenters. The number of carboxylic acids is 1. The molecule has 0 spiro atoms. The van der Waals surface area contributed by atoms with Crippen molar-refractivity contribution in [3.05, 3.63) is 45.5 Å². The van der Waals surface area contributed by atoms with Crippen molar-refractivity contribution in [2.75, 3.05) is 5.32 Å². The number of aliphatic carboxylic acids is 1. The fraction of sp³-hybridized carbons (Fsp3) is 0.286. The molecule has 2 rings (SSSR count). The molecule has 0 saturated carbocycles. The molecular weight excluding hydrogens is 312 g/mol. The summed E-state index contributed by atoms with van der Waals surface area (Å²) in [6.07, 6.45) is 3.95. The van der Waals surface area contributed by atoms with Crippen molar-refractivity contribution in [1.29, 1.82) is 0 Å². The normalized spacial score (nSPS) is 20.4. The van der Waals surface area contributed by atoms with Crippen LogP contribution in [0.3, 0.4) is 0 Å². The van der Waals surface area contributed by atoms with E-state index in [-0.39, 0.29) is 29.2 Å². The molecule has 0 aliphatic heterocycles. The number of halogens is 1. The van der Waals surface area contributed by atoms with Crippen LogP contribution in [0.2, 0.25) is 5.02 Å². The predicted octanol–water partition coefficient (Wildman–Crippen LogP) is 1.52. The van der Waals surface area contributed by atoms with Crippen molar-refractivity contribution < 1.29 is 19.6 Å². The molecule has 22 heavy (non-hydrogen) atoms. The molecule has 0 radical (unpaired) electrons. The molecule has 8 heteroatoms. The average molecular weight is 324 g/mol. The Hall–Kier alpha value is -2.41. The van der Waals surface area contributed by atoms with Crippen LogP contribution in [0.1, 0.15) is 12.8 Å². The van der Waals surface area contributed by atoms with E-state index in [2.05, 4.69) is 5.32 Å². The summed E-state index contributed by atoms with van der Waals surface area (Å²) in [6.45, 7) is 0. The third-order valence-electron chi connectivity index (χ3n) is 3.49. The highest BCUT2D eigenvalue weighted by Crippen LogP contribution is 2.30.